The van der Waals surface area contributed by atoms with Crippen molar-refractivity contribution in [1.29, 1.82) is 5.26 Å². The monoisotopic (exact) mass is 192 g/mol. The first-order chi connectivity index (χ1) is 6.56. The summed E-state index contributed by atoms with van der Waals surface area (Å²) in [6.07, 6.45) is 3.21. The van der Waals surface area contributed by atoms with E-state index < -0.39 is 11.5 Å². The zero-order chi connectivity index (χ0) is 10.8. The quantitative estimate of drug-likeness (QED) is 0.694. The van der Waals surface area contributed by atoms with Crippen molar-refractivity contribution in [3.8, 4) is 6.07 Å². The van der Waals surface area contributed by atoms with E-state index in [1.165, 1.54) is 19.1 Å². The topological polar surface area (TPSA) is 70.0 Å². The smallest absolute Gasteiger partial charge is 0.244 e. The summed E-state index contributed by atoms with van der Waals surface area (Å²) in [5.74, 6) is -0.480. The lowest BCUT2D eigenvalue weighted by Crippen LogP contribution is -2.51. The molecule has 1 rings (SSSR count). The lowest BCUT2D eigenvalue weighted by atomic mass is 9.75. The van der Waals surface area contributed by atoms with Gasteiger partial charge in [-0.05, 0) is 19.4 Å². The summed E-state index contributed by atoms with van der Waals surface area (Å²) < 4.78 is 0. The van der Waals surface area contributed by atoms with Crippen molar-refractivity contribution in [1.82, 2.24) is 5.32 Å². The summed E-state index contributed by atoms with van der Waals surface area (Å²) in [6, 6.07) is 1.57. The number of carbonyl (C=O) groups excluding carboxylic acids is 2. The SMILES string of the molecule is CCC1NC(=O)C=CC1(C#N)C(C)=O. The maximum atomic E-state index is 11.4. The van der Waals surface area contributed by atoms with E-state index in [1.807, 2.05) is 13.0 Å². The van der Waals surface area contributed by atoms with E-state index in [2.05, 4.69) is 5.32 Å². The van der Waals surface area contributed by atoms with E-state index in [-0.39, 0.29) is 11.7 Å². The molecule has 2 unspecified atom stereocenters. The number of amides is 1. The third-order valence-electron chi connectivity index (χ3n) is 2.54. The van der Waals surface area contributed by atoms with Gasteiger partial charge in [-0.25, -0.2) is 0 Å². The minimum atomic E-state index is -1.18. The molecule has 0 radical (unpaired) electrons. The highest BCUT2D eigenvalue weighted by atomic mass is 16.2. The Hall–Kier alpha value is -1.63. The molecule has 0 aromatic carbocycles. The number of nitrogens with one attached hydrogen (secondary N) is 1. The Morgan fingerprint density at radius 2 is 2.43 bits per heavy atom. The Morgan fingerprint density at radius 1 is 1.79 bits per heavy atom. The van der Waals surface area contributed by atoms with E-state index in [0.29, 0.717) is 6.42 Å². The van der Waals surface area contributed by atoms with Crippen LogP contribution in [-0.2, 0) is 9.59 Å². The number of ketones is 1. The lowest BCUT2D eigenvalue weighted by Gasteiger charge is -2.32. The molecule has 0 aromatic heterocycles. The molecule has 1 N–H and O–H groups in total. The molecule has 0 aromatic rings. The van der Waals surface area contributed by atoms with Crippen molar-refractivity contribution >= 4 is 11.7 Å². The van der Waals surface area contributed by atoms with Crippen LogP contribution in [-0.4, -0.2) is 17.7 Å². The van der Waals surface area contributed by atoms with E-state index in [1.54, 1.807) is 0 Å². The minimum absolute atomic E-state index is 0.233. The third kappa shape index (κ3) is 1.41. The molecule has 4 heteroatoms. The summed E-state index contributed by atoms with van der Waals surface area (Å²) >= 11 is 0. The normalized spacial score (nSPS) is 30.6. The fraction of sp³-hybridized carbons (Fsp3) is 0.500. The van der Waals surface area contributed by atoms with Crippen LogP contribution in [0.1, 0.15) is 20.3 Å². The lowest BCUT2D eigenvalue weighted by molar-refractivity contribution is -0.125. The van der Waals surface area contributed by atoms with Crippen molar-refractivity contribution in [3.63, 3.8) is 0 Å². The zero-order valence-electron chi connectivity index (χ0n) is 8.20. The number of hydrogen-bond acceptors (Lipinski definition) is 3. The van der Waals surface area contributed by atoms with Gasteiger partial charge >= 0.3 is 0 Å². The molecule has 0 fully saturated rings. The van der Waals surface area contributed by atoms with Gasteiger partial charge in [0.25, 0.3) is 0 Å². The first-order valence-corrected chi connectivity index (χ1v) is 4.49. The molecule has 1 amide bonds. The highest BCUT2D eigenvalue weighted by Crippen LogP contribution is 2.29. The van der Waals surface area contributed by atoms with Gasteiger partial charge in [0, 0.05) is 6.08 Å². The Morgan fingerprint density at radius 3 is 2.86 bits per heavy atom. The second-order valence-corrected chi connectivity index (χ2v) is 3.34. The Bertz CT molecular complexity index is 341. The number of rotatable bonds is 2. The Kier molecular flexibility index (Phi) is 2.70. The van der Waals surface area contributed by atoms with Gasteiger partial charge < -0.3 is 5.32 Å². The Balaban J connectivity index is 3.17. The van der Waals surface area contributed by atoms with Gasteiger partial charge in [-0.1, -0.05) is 6.92 Å². The van der Waals surface area contributed by atoms with Crippen molar-refractivity contribution in [3.05, 3.63) is 12.2 Å². The predicted molar refractivity (Wildman–Crippen MR) is 50.1 cm³/mol. The number of nitrogens with zero attached hydrogens (tertiary/aromatic N) is 1. The van der Waals surface area contributed by atoms with Gasteiger partial charge in [-0.3, -0.25) is 9.59 Å². The summed E-state index contributed by atoms with van der Waals surface area (Å²) in [7, 11) is 0. The fourth-order valence-electron chi connectivity index (χ4n) is 1.64. The van der Waals surface area contributed by atoms with Gasteiger partial charge in [0.2, 0.25) is 5.91 Å². The van der Waals surface area contributed by atoms with E-state index >= 15 is 0 Å². The highest BCUT2D eigenvalue weighted by Gasteiger charge is 2.43. The number of nitriles is 1. The molecule has 1 heterocycles. The average molecular weight is 192 g/mol. The number of carbonyl (C=O) groups is 2. The van der Waals surface area contributed by atoms with Gasteiger partial charge in [0.05, 0.1) is 12.1 Å². The first-order valence-electron chi connectivity index (χ1n) is 4.49. The molecular weight excluding hydrogens is 180 g/mol. The molecule has 0 saturated heterocycles. The summed E-state index contributed by atoms with van der Waals surface area (Å²) in [6.45, 7) is 3.20. The minimum Gasteiger partial charge on any atom is -0.347 e. The van der Waals surface area contributed by atoms with Crippen molar-refractivity contribution < 1.29 is 9.59 Å². The maximum absolute atomic E-state index is 11.4. The van der Waals surface area contributed by atoms with Crippen LogP contribution < -0.4 is 5.32 Å². The largest absolute Gasteiger partial charge is 0.347 e. The average Bonchev–Trinajstić information content (AvgIpc) is 2.17. The summed E-state index contributed by atoms with van der Waals surface area (Å²) in [5.41, 5.74) is -1.18. The maximum Gasteiger partial charge on any atom is 0.244 e. The molecule has 2 atom stereocenters. The molecule has 1 aliphatic heterocycles. The van der Waals surface area contributed by atoms with E-state index in [9.17, 15) is 9.59 Å². The van der Waals surface area contributed by atoms with Crippen LogP contribution in [0.15, 0.2) is 12.2 Å². The van der Waals surface area contributed by atoms with Crippen LogP contribution in [0.5, 0.6) is 0 Å². The van der Waals surface area contributed by atoms with Crippen molar-refractivity contribution in [2.45, 2.75) is 26.3 Å². The standard InChI is InChI=1S/C10H12N2O2/c1-3-8-10(6-11,7(2)13)5-4-9(14)12-8/h4-5,8H,3H2,1-2H3,(H,12,14). The second kappa shape index (κ2) is 3.62. The molecular formula is C10H12N2O2. The molecule has 0 aliphatic carbocycles. The van der Waals surface area contributed by atoms with Crippen LogP contribution in [0.4, 0.5) is 0 Å². The van der Waals surface area contributed by atoms with Gasteiger partial charge in [-0.2, -0.15) is 5.26 Å². The van der Waals surface area contributed by atoms with Crippen LogP contribution in [0, 0.1) is 16.7 Å². The van der Waals surface area contributed by atoms with Crippen molar-refractivity contribution in [2.24, 2.45) is 5.41 Å². The first kappa shape index (κ1) is 10.5. The second-order valence-electron chi connectivity index (χ2n) is 3.34. The summed E-state index contributed by atoms with van der Waals surface area (Å²) in [5, 5.41) is 11.6. The van der Waals surface area contributed by atoms with Crippen LogP contribution in [0.25, 0.3) is 0 Å². The molecule has 1 aliphatic rings. The van der Waals surface area contributed by atoms with Crippen LogP contribution in [0.2, 0.25) is 0 Å². The predicted octanol–water partition coefficient (Wildman–Crippen LogP) is 0.550. The number of Topliss-reactive ketones (excluding diaryl/α,β-unsaturated/α-hetero) is 1. The van der Waals surface area contributed by atoms with Crippen LogP contribution >= 0.6 is 0 Å². The van der Waals surface area contributed by atoms with Gasteiger partial charge in [-0.15, -0.1) is 0 Å². The van der Waals surface area contributed by atoms with E-state index in [0.717, 1.165) is 0 Å². The summed E-state index contributed by atoms with van der Waals surface area (Å²) in [4.78, 5) is 22.4. The van der Waals surface area contributed by atoms with Crippen molar-refractivity contribution in [2.75, 3.05) is 0 Å². The number of hydrogen-bond donors (Lipinski definition) is 1. The third-order valence-corrected chi connectivity index (χ3v) is 2.54. The fourth-order valence-corrected chi connectivity index (χ4v) is 1.64. The van der Waals surface area contributed by atoms with Crippen LogP contribution in [0.3, 0.4) is 0 Å². The molecule has 0 spiro atoms. The zero-order valence-corrected chi connectivity index (χ0v) is 8.20. The highest BCUT2D eigenvalue weighted by molar-refractivity contribution is 5.96. The molecule has 0 bridgehead atoms. The molecule has 14 heavy (non-hydrogen) atoms. The van der Waals surface area contributed by atoms with Gasteiger partial charge in [0.1, 0.15) is 0 Å². The molecule has 0 saturated carbocycles. The Labute approximate surface area is 82.6 Å². The van der Waals surface area contributed by atoms with E-state index in [4.69, 9.17) is 5.26 Å². The molecule has 74 valence electrons. The molecule has 4 nitrogen and oxygen atoms in total. The van der Waals surface area contributed by atoms with Gasteiger partial charge in [0.15, 0.2) is 11.2 Å².